The molecular formula is C111H117Cl6F3N12O10. The van der Waals surface area contributed by atoms with Crippen molar-refractivity contribution in [2.24, 2.45) is 5.92 Å². The summed E-state index contributed by atoms with van der Waals surface area (Å²) < 4.78 is 48.6. The molecule has 31 heteroatoms. The highest BCUT2D eigenvalue weighted by molar-refractivity contribution is 6.43. The number of halogens is 9. The summed E-state index contributed by atoms with van der Waals surface area (Å²) >= 11 is 37.3. The zero-order valence-electron chi connectivity index (χ0n) is 79.3. The molecule has 0 radical (unpaired) electrons. The van der Waals surface area contributed by atoms with Crippen molar-refractivity contribution in [3.63, 3.8) is 0 Å². The number of alkyl halides is 3. The van der Waals surface area contributed by atoms with E-state index in [1.54, 1.807) is 51.1 Å². The fourth-order valence-corrected chi connectivity index (χ4v) is 19.3. The van der Waals surface area contributed by atoms with Gasteiger partial charge in [-0.1, -0.05) is 180 Å². The van der Waals surface area contributed by atoms with Crippen LogP contribution in [0.1, 0.15) is 135 Å². The number of nitrogens with one attached hydrogen (secondary N) is 3. The van der Waals surface area contributed by atoms with E-state index in [4.69, 9.17) is 84.6 Å². The first-order valence-electron chi connectivity index (χ1n) is 47.7. The van der Waals surface area contributed by atoms with E-state index in [1.807, 2.05) is 142 Å². The molecule has 22 nitrogen and oxygen atoms in total. The number of carbonyl (C=O) groups is 3. The Bertz CT molecular complexity index is 6740. The molecule has 0 spiro atoms. The normalized spacial score (nSPS) is 13.0. The van der Waals surface area contributed by atoms with Crippen LogP contribution in [-0.4, -0.2) is 168 Å². The lowest BCUT2D eigenvalue weighted by Gasteiger charge is -2.25. The third-order valence-corrected chi connectivity index (χ3v) is 27.7. The van der Waals surface area contributed by atoms with Gasteiger partial charge in [-0.05, 0) is 266 Å². The fraction of sp³-hybridized carbons (Fsp3) is 0.315. The maximum atomic E-state index is 12.7. The number of Topliss-reactive ketones (excluding diaryl/α,β-unsaturated/α-hetero) is 3. The minimum atomic E-state index is -4.77. The van der Waals surface area contributed by atoms with Gasteiger partial charge in [0.15, 0.2) is 0 Å². The zero-order chi connectivity index (χ0) is 101. The Balaban J connectivity index is 0.000000170. The summed E-state index contributed by atoms with van der Waals surface area (Å²) in [5, 5.41) is 73.1. The lowest BCUT2D eigenvalue weighted by molar-refractivity contribution is -0.274. The van der Waals surface area contributed by atoms with Crippen LogP contribution in [0.5, 0.6) is 5.75 Å². The minimum absolute atomic E-state index is 0.00215. The number of ketones is 3. The molecule has 1 fully saturated rings. The van der Waals surface area contributed by atoms with Crippen LogP contribution < -0.4 is 35.4 Å². The predicted molar refractivity (Wildman–Crippen MR) is 565 cm³/mol. The summed E-state index contributed by atoms with van der Waals surface area (Å²) in [6.45, 7) is 10.7. The van der Waals surface area contributed by atoms with E-state index in [0.717, 1.165) is 118 Å². The Morgan fingerprint density at radius 2 is 0.768 bits per heavy atom. The smallest absolute Gasteiger partial charge is 0.406 e. The molecule has 0 aliphatic heterocycles. The molecule has 3 aromatic heterocycles. The number of anilines is 3. The number of benzene rings is 12. The molecule has 1 aliphatic carbocycles. The van der Waals surface area contributed by atoms with Crippen LogP contribution in [0.25, 0.3) is 78.0 Å². The number of ether oxygens (including phenoxy) is 1. The van der Waals surface area contributed by atoms with Gasteiger partial charge in [-0.2, -0.15) is 0 Å². The van der Waals surface area contributed by atoms with Crippen molar-refractivity contribution in [2.75, 3.05) is 100 Å². The van der Waals surface area contributed by atoms with Gasteiger partial charge in [0.25, 0.3) is 0 Å². The summed E-state index contributed by atoms with van der Waals surface area (Å²) in [5.74, 6) is 2.96. The number of nitrogens with zero attached hydrogens (tertiary/aromatic N) is 9. The van der Waals surface area contributed by atoms with Crippen molar-refractivity contribution in [2.45, 2.75) is 136 Å². The number of rotatable bonds is 44. The monoisotopic (exact) mass is 2040 g/mol. The van der Waals surface area contributed by atoms with Crippen LogP contribution in [0, 0.1) is 5.92 Å². The number of aryl methyl sites for hydroxylation is 2. The van der Waals surface area contributed by atoms with E-state index >= 15 is 0 Å². The minimum Gasteiger partial charge on any atom is -0.406 e. The van der Waals surface area contributed by atoms with E-state index in [0.29, 0.717) is 139 Å². The van der Waals surface area contributed by atoms with Crippen molar-refractivity contribution in [1.82, 2.24) is 44.6 Å². The molecule has 3 atom stereocenters. The molecule has 142 heavy (non-hydrogen) atoms. The SMILES string of the molecule is CC(=O)CC(NCC1CCCCC1)c1ccc2c(c1)nc(-c1ccc(N(CCO)CCO)cc1)n2Cc1ccc(Cl)c(Cl)c1.CC(=O)CC(NCc1ccc(Cl)c(Cl)c1)c1ccc2c(c1)nc(-c1ccc(N(CCO)CCO)cc1)n2CCc1ccc(OC(F)(F)F)cc1.CC(=O)CC(NCc1ccc(Cl)c(Cl)c1)c1ccc2c(c1)nc(-c1ccc(N(CCO)CCO)cc1)n2Cc1cccc2ccccc12. The highest BCUT2D eigenvalue weighted by Crippen LogP contribution is 2.39. The number of fused-ring (bicyclic) bond motifs is 4. The van der Waals surface area contributed by atoms with E-state index in [-0.39, 0.29) is 87.3 Å². The third kappa shape index (κ3) is 28.6. The number of aliphatic hydroxyl groups is 6. The van der Waals surface area contributed by atoms with Crippen molar-refractivity contribution in [3.8, 4) is 39.9 Å². The first-order chi connectivity index (χ1) is 68.6. The van der Waals surface area contributed by atoms with Crippen LogP contribution in [0.4, 0.5) is 30.2 Å². The average Bonchev–Trinajstić information content (AvgIpc) is 1.63. The summed E-state index contributed by atoms with van der Waals surface area (Å²) in [6, 6.07) is 78.9. The van der Waals surface area contributed by atoms with Crippen LogP contribution in [0.2, 0.25) is 30.1 Å². The number of hydrogen-bond acceptors (Lipinski definition) is 19. The Morgan fingerprint density at radius 1 is 0.401 bits per heavy atom. The quantitative estimate of drug-likeness (QED) is 0.0172. The highest BCUT2D eigenvalue weighted by Gasteiger charge is 2.32. The van der Waals surface area contributed by atoms with E-state index in [2.05, 4.69) is 113 Å². The number of hydrogen-bond donors (Lipinski definition) is 9. The Hall–Kier alpha value is -11.3. The zero-order valence-corrected chi connectivity index (χ0v) is 83.9. The van der Waals surface area contributed by atoms with Crippen LogP contribution >= 0.6 is 69.6 Å². The second-order valence-corrected chi connectivity index (χ2v) is 38.1. The molecule has 1 aliphatic rings. The van der Waals surface area contributed by atoms with Crippen molar-refractivity contribution >= 4 is 148 Å². The topological polar surface area (TPSA) is 281 Å². The van der Waals surface area contributed by atoms with E-state index in [9.17, 15) is 58.2 Å². The van der Waals surface area contributed by atoms with Gasteiger partial charge in [0.05, 0.1) is 109 Å². The van der Waals surface area contributed by atoms with E-state index in [1.165, 1.54) is 60.6 Å². The molecule has 16 rings (SSSR count). The van der Waals surface area contributed by atoms with Crippen LogP contribution in [0.3, 0.4) is 0 Å². The maximum Gasteiger partial charge on any atom is 0.573 e. The molecule has 3 heterocycles. The predicted octanol–water partition coefficient (Wildman–Crippen LogP) is 22.6. The van der Waals surface area contributed by atoms with Crippen molar-refractivity contribution in [1.29, 1.82) is 0 Å². The Morgan fingerprint density at radius 3 is 1.17 bits per heavy atom. The van der Waals surface area contributed by atoms with Gasteiger partial charge in [-0.15, -0.1) is 13.2 Å². The molecule has 0 bridgehead atoms. The molecule has 3 unspecified atom stereocenters. The summed E-state index contributed by atoms with van der Waals surface area (Å²) in [7, 11) is 0. The van der Waals surface area contributed by atoms with Gasteiger partial charge in [0.2, 0.25) is 0 Å². The molecule has 12 aromatic carbocycles. The number of imidazole rings is 3. The lowest BCUT2D eigenvalue weighted by Crippen LogP contribution is -2.29. The Labute approximate surface area is 854 Å². The highest BCUT2D eigenvalue weighted by atomic mass is 35.5. The summed E-state index contributed by atoms with van der Waals surface area (Å²) in [6.07, 6.45) is 3.16. The second kappa shape index (κ2) is 51.3. The molecular weight excluding hydrogens is 1930 g/mol. The summed E-state index contributed by atoms with van der Waals surface area (Å²) in [4.78, 5) is 58.1. The lowest BCUT2D eigenvalue weighted by atomic mass is 9.89. The number of aromatic nitrogens is 6. The first-order valence-corrected chi connectivity index (χ1v) is 49.9. The van der Waals surface area contributed by atoms with Crippen LogP contribution in [-0.2, 0) is 53.5 Å². The molecule has 0 amide bonds. The van der Waals surface area contributed by atoms with Gasteiger partial charge >= 0.3 is 6.36 Å². The van der Waals surface area contributed by atoms with Gasteiger partial charge in [-0.3, -0.25) is 14.4 Å². The standard InChI is InChI=1S/C39H38Cl2N4O3.C37H37Cl2F3N4O4.C35H42Cl2N4O3/c1-26(48)21-36(42-24-27-9-15-34(40)35(41)22-27)30-12-16-38-37(23-30)43-39(29-10-13-32(14-11-29)44(17-19-46)18-20-47)45(38)25-31-7-4-6-28-5-2-3-8-33(28)31;1-24(49)20-33(43-23-26-4-12-31(38)32(39)21-26)28-7-13-35-34(22-28)44-36(27-5-8-29(9-6-27)45(16-18-47)17-19-48)46(35)15-14-25-2-10-30(11-3-25)50-37(40,41)42;1-24(44)19-32(38-22-25-5-3-2-4-6-25)28-10-14-34-33(21-28)39-35(41(34)23-26-7-13-30(36)31(37)20-26)27-8-11-29(12-9-27)40(15-17-42)16-18-43/h2-16,22-23,36,42,46-47H,17-21,24-25H2,1H3;2-13,21-22,33,43,47-48H,14-20,23H2,1H3;7-14,20-21,25,32,38,42-43H,2-6,15-19,22-23H2,1H3. The average molecular weight is 2050 g/mol. The van der Waals surface area contributed by atoms with Gasteiger partial charge in [0.1, 0.15) is 40.6 Å². The Kier molecular flexibility index (Phi) is 38.4. The number of aliphatic hydroxyl groups excluding tert-OH is 6. The molecule has 744 valence electrons. The van der Waals surface area contributed by atoms with Gasteiger partial charge in [0, 0.05) is 137 Å². The first kappa shape index (κ1) is 106. The largest absolute Gasteiger partial charge is 0.573 e. The second-order valence-electron chi connectivity index (χ2n) is 35.7. The number of carbonyl (C=O) groups excluding carboxylic acids is 3. The third-order valence-electron chi connectivity index (χ3n) is 25.5. The fourth-order valence-electron chi connectivity index (χ4n) is 18.4. The molecule has 1 saturated carbocycles. The van der Waals surface area contributed by atoms with Crippen molar-refractivity contribution in [3.05, 3.63) is 323 Å². The summed E-state index contributed by atoms with van der Waals surface area (Å²) in [5.41, 5.74) is 18.4. The van der Waals surface area contributed by atoms with Crippen LogP contribution in [0.15, 0.2) is 249 Å². The van der Waals surface area contributed by atoms with Gasteiger partial charge < -0.3 is 79.7 Å². The molecule has 0 saturated heterocycles. The van der Waals surface area contributed by atoms with E-state index < -0.39 is 6.36 Å². The molecule has 15 aromatic rings. The molecule has 9 N–H and O–H groups in total. The van der Waals surface area contributed by atoms with Crippen molar-refractivity contribution < 1.29 is 62.9 Å². The maximum absolute atomic E-state index is 12.7. The van der Waals surface area contributed by atoms with Gasteiger partial charge in [-0.25, -0.2) is 15.0 Å².